The first-order valence-corrected chi connectivity index (χ1v) is 5.27. The molecule has 1 aliphatic rings. The standard InChI is InChI=1S/C12H13N3/c1-2-10-5-9-15(12(10)14-6-1)11-3-7-13-8-4-11/h1-3,5-6,9,13H,4,7-8H2. The van der Waals surface area contributed by atoms with E-state index in [9.17, 15) is 0 Å². The second-order valence-corrected chi connectivity index (χ2v) is 3.75. The minimum atomic E-state index is 0.960. The highest BCUT2D eigenvalue weighted by atomic mass is 15.0. The minimum absolute atomic E-state index is 0.960. The molecule has 3 heteroatoms. The van der Waals surface area contributed by atoms with Crippen LogP contribution in [0.15, 0.2) is 36.7 Å². The third kappa shape index (κ3) is 1.45. The molecule has 2 aromatic heterocycles. The van der Waals surface area contributed by atoms with Gasteiger partial charge in [0.2, 0.25) is 0 Å². The Bertz CT molecular complexity index is 510. The molecule has 0 amide bonds. The molecule has 76 valence electrons. The Labute approximate surface area is 88.4 Å². The summed E-state index contributed by atoms with van der Waals surface area (Å²) in [5, 5.41) is 4.52. The normalized spacial score (nSPS) is 16.7. The van der Waals surface area contributed by atoms with Gasteiger partial charge in [0.25, 0.3) is 0 Å². The molecule has 3 rings (SSSR count). The van der Waals surface area contributed by atoms with Crippen molar-refractivity contribution in [2.75, 3.05) is 13.1 Å². The number of nitrogens with one attached hydrogen (secondary N) is 1. The molecule has 1 aliphatic heterocycles. The van der Waals surface area contributed by atoms with Gasteiger partial charge in [-0.2, -0.15) is 0 Å². The monoisotopic (exact) mass is 199 g/mol. The van der Waals surface area contributed by atoms with Crippen molar-refractivity contribution in [1.29, 1.82) is 0 Å². The highest BCUT2D eigenvalue weighted by molar-refractivity contribution is 5.79. The summed E-state index contributed by atoms with van der Waals surface area (Å²) in [5.74, 6) is 0. The van der Waals surface area contributed by atoms with Gasteiger partial charge in [-0.05, 0) is 18.2 Å². The summed E-state index contributed by atoms with van der Waals surface area (Å²) < 4.78 is 2.19. The van der Waals surface area contributed by atoms with Crippen molar-refractivity contribution in [3.05, 3.63) is 36.7 Å². The smallest absolute Gasteiger partial charge is 0.144 e. The van der Waals surface area contributed by atoms with Gasteiger partial charge in [-0.3, -0.25) is 0 Å². The summed E-state index contributed by atoms with van der Waals surface area (Å²) in [6, 6.07) is 6.19. The lowest BCUT2D eigenvalue weighted by Crippen LogP contribution is -2.21. The molecule has 3 nitrogen and oxygen atoms in total. The van der Waals surface area contributed by atoms with Crippen LogP contribution in [0.4, 0.5) is 0 Å². The Hall–Kier alpha value is -1.61. The van der Waals surface area contributed by atoms with Crippen molar-refractivity contribution in [1.82, 2.24) is 14.9 Å². The molecule has 15 heavy (non-hydrogen) atoms. The molecule has 0 saturated heterocycles. The molecule has 2 aromatic rings. The predicted octanol–water partition coefficient (Wildman–Crippen LogP) is 1.87. The first-order chi connectivity index (χ1) is 7.45. The van der Waals surface area contributed by atoms with E-state index in [1.807, 2.05) is 12.3 Å². The molecule has 0 aromatic carbocycles. The second kappa shape index (κ2) is 3.51. The van der Waals surface area contributed by atoms with E-state index >= 15 is 0 Å². The van der Waals surface area contributed by atoms with E-state index in [2.05, 4.69) is 39.3 Å². The van der Waals surface area contributed by atoms with E-state index in [4.69, 9.17) is 0 Å². The van der Waals surface area contributed by atoms with E-state index in [0.29, 0.717) is 0 Å². The Kier molecular flexibility index (Phi) is 2.03. The zero-order valence-electron chi connectivity index (χ0n) is 8.48. The second-order valence-electron chi connectivity index (χ2n) is 3.75. The van der Waals surface area contributed by atoms with Crippen molar-refractivity contribution in [3.63, 3.8) is 0 Å². The quantitative estimate of drug-likeness (QED) is 0.759. The Morgan fingerprint density at radius 3 is 3.20 bits per heavy atom. The van der Waals surface area contributed by atoms with Crippen LogP contribution in [-0.2, 0) is 0 Å². The number of fused-ring (bicyclic) bond motifs is 1. The van der Waals surface area contributed by atoms with Crippen LogP contribution in [0.1, 0.15) is 6.42 Å². The highest BCUT2D eigenvalue weighted by Crippen LogP contribution is 2.19. The fraction of sp³-hybridized carbons (Fsp3) is 0.250. The third-order valence-corrected chi connectivity index (χ3v) is 2.80. The highest BCUT2D eigenvalue weighted by Gasteiger charge is 2.08. The van der Waals surface area contributed by atoms with Gasteiger partial charge >= 0.3 is 0 Å². The van der Waals surface area contributed by atoms with E-state index < -0.39 is 0 Å². The maximum Gasteiger partial charge on any atom is 0.144 e. The molecule has 1 N–H and O–H groups in total. The van der Waals surface area contributed by atoms with Crippen LogP contribution in [0.25, 0.3) is 16.7 Å². The number of aromatic nitrogens is 2. The van der Waals surface area contributed by atoms with E-state index in [1.54, 1.807) is 0 Å². The maximum atomic E-state index is 4.42. The molecule has 0 fully saturated rings. The van der Waals surface area contributed by atoms with Crippen molar-refractivity contribution >= 4 is 16.7 Å². The molecule has 0 spiro atoms. The fourth-order valence-corrected chi connectivity index (χ4v) is 2.03. The average molecular weight is 199 g/mol. The first-order valence-electron chi connectivity index (χ1n) is 5.27. The molecule has 0 aliphatic carbocycles. The van der Waals surface area contributed by atoms with Gasteiger partial charge in [-0.15, -0.1) is 0 Å². The maximum absolute atomic E-state index is 4.42. The summed E-state index contributed by atoms with van der Waals surface area (Å²) >= 11 is 0. The summed E-state index contributed by atoms with van der Waals surface area (Å²) in [7, 11) is 0. The van der Waals surface area contributed by atoms with Crippen LogP contribution in [0.5, 0.6) is 0 Å². The molecule has 3 heterocycles. The Balaban J connectivity index is 2.14. The average Bonchev–Trinajstić information content (AvgIpc) is 2.74. The Morgan fingerprint density at radius 1 is 1.33 bits per heavy atom. The van der Waals surface area contributed by atoms with Gasteiger partial charge in [-0.25, -0.2) is 4.98 Å². The lowest BCUT2D eigenvalue weighted by atomic mass is 10.2. The van der Waals surface area contributed by atoms with Crippen LogP contribution < -0.4 is 5.32 Å². The summed E-state index contributed by atoms with van der Waals surface area (Å²) in [5.41, 5.74) is 2.41. The molecule has 0 unspecified atom stereocenters. The zero-order valence-corrected chi connectivity index (χ0v) is 8.48. The Morgan fingerprint density at radius 2 is 2.33 bits per heavy atom. The number of nitrogens with zero attached hydrogens (tertiary/aromatic N) is 2. The largest absolute Gasteiger partial charge is 0.313 e. The van der Waals surface area contributed by atoms with Crippen LogP contribution in [-0.4, -0.2) is 22.6 Å². The van der Waals surface area contributed by atoms with Gasteiger partial charge in [0.15, 0.2) is 0 Å². The third-order valence-electron chi connectivity index (χ3n) is 2.80. The fourth-order valence-electron chi connectivity index (χ4n) is 2.03. The van der Waals surface area contributed by atoms with Gasteiger partial charge in [0.05, 0.1) is 0 Å². The van der Waals surface area contributed by atoms with Crippen molar-refractivity contribution in [2.24, 2.45) is 0 Å². The van der Waals surface area contributed by atoms with Crippen LogP contribution in [0.3, 0.4) is 0 Å². The van der Waals surface area contributed by atoms with Crippen LogP contribution >= 0.6 is 0 Å². The lowest BCUT2D eigenvalue weighted by Gasteiger charge is -2.15. The van der Waals surface area contributed by atoms with Gasteiger partial charge in [0, 0.05) is 43.0 Å². The summed E-state index contributed by atoms with van der Waals surface area (Å²) in [6.45, 7) is 2.01. The summed E-state index contributed by atoms with van der Waals surface area (Å²) in [4.78, 5) is 4.42. The van der Waals surface area contributed by atoms with E-state index in [0.717, 1.165) is 25.2 Å². The van der Waals surface area contributed by atoms with Crippen LogP contribution in [0.2, 0.25) is 0 Å². The number of pyridine rings is 1. The molecule has 0 saturated carbocycles. The molecule has 0 radical (unpaired) electrons. The molecular formula is C12H13N3. The zero-order chi connectivity index (χ0) is 10.1. The van der Waals surface area contributed by atoms with E-state index in [-0.39, 0.29) is 0 Å². The minimum Gasteiger partial charge on any atom is -0.313 e. The van der Waals surface area contributed by atoms with Crippen molar-refractivity contribution < 1.29 is 0 Å². The topological polar surface area (TPSA) is 29.9 Å². The van der Waals surface area contributed by atoms with Gasteiger partial charge < -0.3 is 9.88 Å². The van der Waals surface area contributed by atoms with Gasteiger partial charge in [0.1, 0.15) is 5.65 Å². The number of hydrogen-bond donors (Lipinski definition) is 1. The van der Waals surface area contributed by atoms with E-state index in [1.165, 1.54) is 11.1 Å². The lowest BCUT2D eigenvalue weighted by molar-refractivity contribution is 0.720. The molecule has 0 bridgehead atoms. The van der Waals surface area contributed by atoms with Crippen LogP contribution in [0, 0.1) is 0 Å². The predicted molar refractivity (Wildman–Crippen MR) is 61.5 cm³/mol. The van der Waals surface area contributed by atoms with Gasteiger partial charge in [-0.1, -0.05) is 6.08 Å². The first kappa shape index (κ1) is 8.68. The molecule has 0 atom stereocenters. The number of hydrogen-bond acceptors (Lipinski definition) is 2. The molecular weight excluding hydrogens is 186 g/mol. The SMILES string of the molecule is C1=C(n2ccc3cccnc32)CCNC1. The van der Waals surface area contributed by atoms with Crippen molar-refractivity contribution in [3.8, 4) is 0 Å². The number of rotatable bonds is 1. The van der Waals surface area contributed by atoms with Crippen molar-refractivity contribution in [2.45, 2.75) is 6.42 Å². The summed E-state index contributed by atoms with van der Waals surface area (Å²) in [6.07, 6.45) is 7.26.